The summed E-state index contributed by atoms with van der Waals surface area (Å²) >= 11 is 11.3. The van der Waals surface area contributed by atoms with E-state index in [-0.39, 0.29) is 11.7 Å². The van der Waals surface area contributed by atoms with Gasteiger partial charge < -0.3 is 15.1 Å². The van der Waals surface area contributed by atoms with Gasteiger partial charge in [-0.1, -0.05) is 11.6 Å². The van der Waals surface area contributed by atoms with Crippen molar-refractivity contribution in [2.24, 2.45) is 0 Å². The predicted octanol–water partition coefficient (Wildman–Crippen LogP) is 3.43. The van der Waals surface area contributed by atoms with E-state index >= 15 is 0 Å². The van der Waals surface area contributed by atoms with E-state index in [1.54, 1.807) is 6.26 Å². The molecule has 1 aromatic carbocycles. The van der Waals surface area contributed by atoms with E-state index in [4.69, 9.17) is 28.2 Å². The first-order chi connectivity index (χ1) is 11.4. The molecule has 2 aromatic rings. The average Bonchev–Trinajstić information content (AvgIpc) is 3.03. The number of non-ortho nitro benzene ring substituents is 1. The maximum absolute atomic E-state index is 10.8. The van der Waals surface area contributed by atoms with Crippen molar-refractivity contribution in [1.29, 1.82) is 0 Å². The highest BCUT2D eigenvalue weighted by molar-refractivity contribution is 7.80. The summed E-state index contributed by atoms with van der Waals surface area (Å²) in [4.78, 5) is 12.3. The Morgan fingerprint density at radius 2 is 2.21 bits per heavy atom. The zero-order valence-electron chi connectivity index (χ0n) is 13.2. The van der Waals surface area contributed by atoms with Gasteiger partial charge >= 0.3 is 0 Å². The molecule has 0 spiro atoms. The van der Waals surface area contributed by atoms with Crippen LogP contribution in [-0.4, -0.2) is 35.6 Å². The van der Waals surface area contributed by atoms with Gasteiger partial charge in [-0.2, -0.15) is 0 Å². The average molecular weight is 369 g/mol. The number of likely N-dealkylation sites (N-methyl/N-ethyl adjacent to an activating group) is 1. The van der Waals surface area contributed by atoms with Crippen molar-refractivity contribution in [2.45, 2.75) is 6.04 Å². The van der Waals surface area contributed by atoms with Crippen LogP contribution in [0.25, 0.3) is 0 Å². The van der Waals surface area contributed by atoms with Crippen molar-refractivity contribution in [3.63, 3.8) is 0 Å². The Hall–Kier alpha value is -2.16. The van der Waals surface area contributed by atoms with Gasteiger partial charge in [-0.25, -0.2) is 0 Å². The van der Waals surface area contributed by atoms with Crippen LogP contribution in [0.4, 0.5) is 11.4 Å². The van der Waals surface area contributed by atoms with Crippen LogP contribution in [0.1, 0.15) is 11.8 Å². The van der Waals surface area contributed by atoms with E-state index in [1.165, 1.54) is 18.2 Å². The maximum Gasteiger partial charge on any atom is 0.271 e. The normalized spacial score (nSPS) is 12.0. The molecule has 0 aliphatic heterocycles. The molecule has 0 aliphatic carbocycles. The fourth-order valence-electron chi connectivity index (χ4n) is 2.10. The summed E-state index contributed by atoms with van der Waals surface area (Å²) in [6.45, 7) is 0.499. The monoisotopic (exact) mass is 368 g/mol. The Labute approximate surface area is 149 Å². The molecule has 0 bridgehead atoms. The molecule has 0 fully saturated rings. The minimum Gasteiger partial charge on any atom is -0.468 e. The van der Waals surface area contributed by atoms with E-state index in [9.17, 15) is 10.1 Å². The number of hydrogen-bond acceptors (Lipinski definition) is 5. The van der Waals surface area contributed by atoms with Gasteiger partial charge in [0.15, 0.2) is 5.11 Å². The number of nitrogens with one attached hydrogen (secondary N) is 2. The Bertz CT molecular complexity index is 722. The second-order valence-electron chi connectivity index (χ2n) is 5.25. The summed E-state index contributed by atoms with van der Waals surface area (Å²) in [7, 11) is 3.87. The molecule has 9 heteroatoms. The molecule has 24 heavy (non-hydrogen) atoms. The van der Waals surface area contributed by atoms with Crippen LogP contribution in [-0.2, 0) is 0 Å². The molecule has 1 atom stereocenters. The van der Waals surface area contributed by atoms with Crippen molar-refractivity contribution in [2.75, 3.05) is 26.0 Å². The first-order valence-electron chi connectivity index (χ1n) is 7.07. The van der Waals surface area contributed by atoms with Crippen LogP contribution in [0, 0.1) is 10.1 Å². The number of thiocarbonyl (C=S) groups is 1. The van der Waals surface area contributed by atoms with Crippen molar-refractivity contribution < 1.29 is 9.34 Å². The topological polar surface area (TPSA) is 83.6 Å². The highest BCUT2D eigenvalue weighted by Gasteiger charge is 2.17. The van der Waals surface area contributed by atoms with Gasteiger partial charge in [0, 0.05) is 18.7 Å². The Kier molecular flexibility index (Phi) is 6.13. The van der Waals surface area contributed by atoms with Gasteiger partial charge in [-0.15, -0.1) is 0 Å². The molecule has 2 rings (SSSR count). The summed E-state index contributed by atoms with van der Waals surface area (Å²) in [5.74, 6) is 0.809. The molecule has 0 aliphatic rings. The lowest BCUT2D eigenvalue weighted by Gasteiger charge is -2.23. The van der Waals surface area contributed by atoms with Gasteiger partial charge in [0.2, 0.25) is 0 Å². The van der Waals surface area contributed by atoms with Crippen molar-refractivity contribution in [1.82, 2.24) is 10.2 Å². The molecule has 128 valence electrons. The van der Waals surface area contributed by atoms with E-state index in [0.717, 1.165) is 5.76 Å². The molecule has 0 radical (unpaired) electrons. The van der Waals surface area contributed by atoms with Crippen LogP contribution < -0.4 is 10.6 Å². The first-order valence-corrected chi connectivity index (χ1v) is 7.85. The number of anilines is 1. The molecule has 2 N–H and O–H groups in total. The number of benzene rings is 1. The Balaban J connectivity index is 2.00. The van der Waals surface area contributed by atoms with Gasteiger partial charge in [0.1, 0.15) is 5.76 Å². The van der Waals surface area contributed by atoms with Crippen LogP contribution in [0.3, 0.4) is 0 Å². The van der Waals surface area contributed by atoms with Crippen molar-refractivity contribution in [3.8, 4) is 0 Å². The third kappa shape index (κ3) is 4.67. The minimum atomic E-state index is -0.489. The van der Waals surface area contributed by atoms with E-state index < -0.39 is 4.92 Å². The molecule has 0 amide bonds. The smallest absolute Gasteiger partial charge is 0.271 e. The fraction of sp³-hybridized carbons (Fsp3) is 0.267. The highest BCUT2D eigenvalue weighted by Crippen LogP contribution is 2.26. The number of furan rings is 1. The lowest BCUT2D eigenvalue weighted by molar-refractivity contribution is -0.384. The van der Waals surface area contributed by atoms with Gasteiger partial charge in [-0.05, 0) is 44.5 Å². The van der Waals surface area contributed by atoms with Crippen LogP contribution >= 0.6 is 23.8 Å². The Morgan fingerprint density at radius 1 is 1.46 bits per heavy atom. The minimum absolute atomic E-state index is 0.0136. The second-order valence-corrected chi connectivity index (χ2v) is 6.07. The summed E-state index contributed by atoms with van der Waals surface area (Å²) in [6, 6.07) is 7.83. The molecule has 7 nitrogen and oxygen atoms in total. The van der Waals surface area contributed by atoms with Crippen LogP contribution in [0.5, 0.6) is 0 Å². The molecule has 0 saturated heterocycles. The maximum atomic E-state index is 10.8. The number of nitro groups is 1. The van der Waals surface area contributed by atoms with Crippen LogP contribution in [0.15, 0.2) is 41.0 Å². The number of hydrogen-bond donors (Lipinski definition) is 2. The lowest BCUT2D eigenvalue weighted by Crippen LogP contribution is -2.36. The molecule has 1 heterocycles. The largest absolute Gasteiger partial charge is 0.468 e. The fourth-order valence-corrected chi connectivity index (χ4v) is 2.46. The van der Waals surface area contributed by atoms with E-state index in [2.05, 4.69) is 10.6 Å². The van der Waals surface area contributed by atoms with Crippen molar-refractivity contribution in [3.05, 3.63) is 57.5 Å². The van der Waals surface area contributed by atoms with Gasteiger partial charge in [0.25, 0.3) is 5.69 Å². The predicted molar refractivity (Wildman–Crippen MR) is 97.5 cm³/mol. The summed E-state index contributed by atoms with van der Waals surface area (Å²) in [5, 5.41) is 17.5. The second kappa shape index (κ2) is 8.09. The lowest BCUT2D eigenvalue weighted by atomic mass is 10.2. The van der Waals surface area contributed by atoms with Gasteiger partial charge in [0.05, 0.1) is 27.9 Å². The zero-order chi connectivity index (χ0) is 17.7. The SMILES string of the molecule is CN(C)[C@@H](CNC(=S)Nc1cc([N+](=O)[O-])ccc1Cl)c1ccco1. The molecular weight excluding hydrogens is 352 g/mol. The molecular formula is C15H17ClN4O3S. The quantitative estimate of drug-likeness (QED) is 0.459. The van der Waals surface area contributed by atoms with Crippen molar-refractivity contribution >= 4 is 40.3 Å². The van der Waals surface area contributed by atoms with Crippen LogP contribution in [0.2, 0.25) is 5.02 Å². The summed E-state index contributed by atoms with van der Waals surface area (Å²) < 4.78 is 5.43. The summed E-state index contributed by atoms with van der Waals surface area (Å²) in [5.41, 5.74) is 0.314. The number of rotatable bonds is 6. The third-order valence-corrected chi connectivity index (χ3v) is 3.94. The van der Waals surface area contributed by atoms with E-state index in [1.807, 2.05) is 31.1 Å². The zero-order valence-corrected chi connectivity index (χ0v) is 14.7. The highest BCUT2D eigenvalue weighted by atomic mass is 35.5. The Morgan fingerprint density at radius 3 is 2.79 bits per heavy atom. The standard InChI is InChI=1S/C15H17ClN4O3S/c1-19(2)13(14-4-3-7-23-14)9-17-15(24)18-12-8-10(20(21)22)5-6-11(12)16/h3-8,13H,9H2,1-2H3,(H2,17,18,24)/t13-/m0/s1. The third-order valence-electron chi connectivity index (χ3n) is 3.36. The number of nitro benzene ring substituents is 1. The van der Waals surface area contributed by atoms with E-state index in [0.29, 0.717) is 22.4 Å². The summed E-state index contributed by atoms with van der Waals surface area (Å²) in [6.07, 6.45) is 1.62. The molecule has 0 unspecified atom stereocenters. The molecule has 1 aromatic heterocycles. The first kappa shape index (κ1) is 18.2. The van der Waals surface area contributed by atoms with Gasteiger partial charge in [-0.3, -0.25) is 15.0 Å². The molecule has 0 saturated carbocycles. The number of nitrogens with zero attached hydrogens (tertiary/aromatic N) is 2. The number of halogens is 1.